The predicted molar refractivity (Wildman–Crippen MR) is 104 cm³/mol. The Morgan fingerprint density at radius 1 is 1.29 bits per heavy atom. The molecular weight excluding hydrogens is 356 g/mol. The Kier molecular flexibility index (Phi) is 5.82. The Hall–Kier alpha value is -2.93. The molecule has 2 atom stereocenters. The third kappa shape index (κ3) is 4.48. The molecule has 1 aromatic heterocycles. The van der Waals surface area contributed by atoms with Gasteiger partial charge in [0.25, 0.3) is 0 Å². The van der Waals surface area contributed by atoms with Gasteiger partial charge in [0.1, 0.15) is 6.04 Å². The summed E-state index contributed by atoms with van der Waals surface area (Å²) in [5.41, 5.74) is 4.74. The molecule has 0 radical (unpaired) electrons. The normalized spacial score (nSPS) is 21.0. The first-order valence-electron chi connectivity index (χ1n) is 9.75. The lowest BCUT2D eigenvalue weighted by atomic mass is 9.96. The third-order valence-electron chi connectivity index (χ3n) is 5.29. The number of quaternary nitrogens is 1. The standard InChI is InChI=1S/C21H24N4O3/c26-21(24-23-13-16-6-7-19-20(12-16)28-15-27-19)8-11-25-10-2-1-5-18(25)17-4-3-9-22-14-17/h3-4,6-7,9,12-14,18H,1-2,5,8,10-11,15H2,(H,24,26)/p+1/b23-13-/t18-/m1/s1. The van der Waals surface area contributed by atoms with Crippen LogP contribution in [0.1, 0.15) is 42.9 Å². The molecule has 1 amide bonds. The van der Waals surface area contributed by atoms with E-state index in [0.717, 1.165) is 30.8 Å². The number of hydrogen-bond donors (Lipinski definition) is 2. The minimum absolute atomic E-state index is 0.0694. The number of pyridine rings is 1. The first kappa shape index (κ1) is 18.4. The number of aromatic nitrogens is 1. The Morgan fingerprint density at radius 2 is 2.21 bits per heavy atom. The van der Waals surface area contributed by atoms with Gasteiger partial charge in [-0.25, -0.2) is 5.43 Å². The van der Waals surface area contributed by atoms with E-state index in [0.29, 0.717) is 18.2 Å². The highest BCUT2D eigenvalue weighted by molar-refractivity contribution is 5.83. The Morgan fingerprint density at radius 3 is 3.11 bits per heavy atom. The lowest BCUT2D eigenvalue weighted by molar-refractivity contribution is -0.936. The minimum atomic E-state index is -0.0694. The van der Waals surface area contributed by atoms with Crippen molar-refractivity contribution in [2.75, 3.05) is 19.9 Å². The van der Waals surface area contributed by atoms with Crippen LogP contribution in [0.5, 0.6) is 11.5 Å². The highest BCUT2D eigenvalue weighted by Crippen LogP contribution is 2.31. The van der Waals surface area contributed by atoms with E-state index < -0.39 is 0 Å². The molecule has 2 N–H and O–H groups in total. The maximum Gasteiger partial charge on any atom is 0.245 e. The van der Waals surface area contributed by atoms with Crippen LogP contribution in [0, 0.1) is 0 Å². The fourth-order valence-corrected chi connectivity index (χ4v) is 3.86. The second kappa shape index (κ2) is 8.84. The van der Waals surface area contributed by atoms with E-state index >= 15 is 0 Å². The van der Waals surface area contributed by atoms with E-state index in [9.17, 15) is 4.79 Å². The van der Waals surface area contributed by atoms with Crippen LogP contribution in [0.2, 0.25) is 0 Å². The van der Waals surface area contributed by atoms with E-state index in [4.69, 9.17) is 9.47 Å². The van der Waals surface area contributed by atoms with E-state index in [1.807, 2.05) is 30.5 Å². The lowest BCUT2D eigenvalue weighted by Gasteiger charge is -2.32. The molecule has 7 nitrogen and oxygen atoms in total. The fourth-order valence-electron chi connectivity index (χ4n) is 3.86. The lowest BCUT2D eigenvalue weighted by Crippen LogP contribution is -3.13. The number of carbonyl (C=O) groups is 1. The molecule has 2 aliphatic rings. The molecular formula is C21H25N4O3+. The number of piperidine rings is 1. The van der Waals surface area contributed by atoms with Crippen molar-refractivity contribution in [3.8, 4) is 11.5 Å². The first-order valence-corrected chi connectivity index (χ1v) is 9.75. The van der Waals surface area contributed by atoms with Gasteiger partial charge in [0, 0.05) is 24.4 Å². The summed E-state index contributed by atoms with van der Waals surface area (Å²) >= 11 is 0. The number of nitrogens with one attached hydrogen (secondary N) is 2. The Bertz CT molecular complexity index is 841. The quantitative estimate of drug-likeness (QED) is 0.587. The zero-order valence-corrected chi connectivity index (χ0v) is 15.8. The van der Waals surface area contributed by atoms with Gasteiger partial charge in [0.15, 0.2) is 11.5 Å². The highest BCUT2D eigenvalue weighted by atomic mass is 16.7. The van der Waals surface area contributed by atoms with Crippen LogP contribution in [0.15, 0.2) is 47.8 Å². The van der Waals surface area contributed by atoms with Crippen LogP contribution < -0.4 is 19.8 Å². The highest BCUT2D eigenvalue weighted by Gasteiger charge is 2.27. The molecule has 3 heterocycles. The molecule has 1 saturated heterocycles. The maximum absolute atomic E-state index is 12.2. The smallest absolute Gasteiger partial charge is 0.245 e. The van der Waals surface area contributed by atoms with Crippen LogP contribution in [-0.2, 0) is 4.79 Å². The summed E-state index contributed by atoms with van der Waals surface area (Å²) in [6.07, 6.45) is 9.40. The van der Waals surface area contributed by atoms with Crippen molar-refractivity contribution < 1.29 is 19.2 Å². The SMILES string of the molecule is O=C(CC[NH+]1CCCC[C@@H]1c1cccnc1)N/N=C\c1ccc2c(c1)OCO2. The minimum Gasteiger partial charge on any atom is -0.454 e. The molecule has 4 rings (SSSR count). The molecule has 1 aromatic carbocycles. The van der Waals surface area contributed by atoms with Crippen molar-refractivity contribution in [3.63, 3.8) is 0 Å². The van der Waals surface area contributed by atoms with E-state index in [1.165, 1.54) is 23.3 Å². The molecule has 146 valence electrons. The van der Waals surface area contributed by atoms with Gasteiger partial charge in [-0.1, -0.05) is 6.07 Å². The number of hydrogen-bond acceptors (Lipinski definition) is 5. The zero-order chi connectivity index (χ0) is 19.2. The molecule has 28 heavy (non-hydrogen) atoms. The Balaban J connectivity index is 1.27. The average Bonchev–Trinajstić information content (AvgIpc) is 3.21. The van der Waals surface area contributed by atoms with Gasteiger partial charge in [0.2, 0.25) is 12.7 Å². The van der Waals surface area contributed by atoms with Crippen molar-refractivity contribution in [2.45, 2.75) is 31.7 Å². The largest absolute Gasteiger partial charge is 0.454 e. The van der Waals surface area contributed by atoms with Gasteiger partial charge in [-0.3, -0.25) is 9.78 Å². The number of nitrogens with zero attached hydrogens (tertiary/aromatic N) is 2. The van der Waals surface area contributed by atoms with Gasteiger partial charge < -0.3 is 14.4 Å². The van der Waals surface area contributed by atoms with Crippen molar-refractivity contribution in [1.29, 1.82) is 0 Å². The van der Waals surface area contributed by atoms with Gasteiger partial charge in [0.05, 0.1) is 25.7 Å². The Labute approximate surface area is 164 Å². The summed E-state index contributed by atoms with van der Waals surface area (Å²) in [4.78, 5) is 17.9. The van der Waals surface area contributed by atoms with Crippen molar-refractivity contribution >= 4 is 12.1 Å². The van der Waals surface area contributed by atoms with Crippen molar-refractivity contribution in [2.24, 2.45) is 5.10 Å². The third-order valence-corrected chi connectivity index (χ3v) is 5.29. The maximum atomic E-state index is 12.2. The van der Waals surface area contributed by atoms with Crippen LogP contribution in [0.3, 0.4) is 0 Å². The summed E-state index contributed by atoms with van der Waals surface area (Å²) in [5, 5.41) is 4.07. The average molecular weight is 381 g/mol. The van der Waals surface area contributed by atoms with Crippen LogP contribution in [-0.4, -0.2) is 37.0 Å². The van der Waals surface area contributed by atoms with E-state index in [-0.39, 0.29) is 12.7 Å². The zero-order valence-electron chi connectivity index (χ0n) is 15.8. The van der Waals surface area contributed by atoms with Crippen LogP contribution >= 0.6 is 0 Å². The second-order valence-electron chi connectivity index (χ2n) is 7.15. The summed E-state index contributed by atoms with van der Waals surface area (Å²) in [6, 6.07) is 10.1. The number of carbonyl (C=O) groups excluding carboxylic acids is 1. The first-order chi connectivity index (χ1) is 13.8. The van der Waals surface area contributed by atoms with Gasteiger partial charge in [-0.15, -0.1) is 0 Å². The molecule has 7 heteroatoms. The number of benzene rings is 1. The molecule has 2 aliphatic heterocycles. The number of rotatable bonds is 6. The van der Waals surface area contributed by atoms with Crippen LogP contribution in [0.25, 0.3) is 0 Å². The second-order valence-corrected chi connectivity index (χ2v) is 7.15. The van der Waals surface area contributed by atoms with Gasteiger partial charge in [-0.05, 0) is 42.7 Å². The summed E-state index contributed by atoms with van der Waals surface area (Å²) in [5.74, 6) is 1.36. The van der Waals surface area contributed by atoms with Gasteiger partial charge in [-0.2, -0.15) is 5.10 Å². The molecule has 0 bridgehead atoms. The van der Waals surface area contributed by atoms with Crippen molar-refractivity contribution in [3.05, 3.63) is 53.9 Å². The van der Waals surface area contributed by atoms with E-state index in [1.54, 1.807) is 12.4 Å². The molecule has 1 fully saturated rings. The fraction of sp³-hybridized carbons (Fsp3) is 0.381. The monoisotopic (exact) mass is 381 g/mol. The molecule has 0 saturated carbocycles. The van der Waals surface area contributed by atoms with Crippen LogP contribution in [0.4, 0.5) is 0 Å². The number of fused-ring (bicyclic) bond motifs is 1. The van der Waals surface area contributed by atoms with Gasteiger partial charge >= 0.3 is 0 Å². The predicted octanol–water partition coefficient (Wildman–Crippen LogP) is 1.46. The molecule has 0 spiro atoms. The molecule has 1 unspecified atom stereocenters. The summed E-state index contributed by atoms with van der Waals surface area (Å²) < 4.78 is 10.6. The number of amides is 1. The summed E-state index contributed by atoms with van der Waals surface area (Å²) in [6.45, 7) is 2.13. The topological polar surface area (TPSA) is 77.3 Å². The molecule has 2 aromatic rings. The molecule has 0 aliphatic carbocycles. The summed E-state index contributed by atoms with van der Waals surface area (Å²) in [7, 11) is 0. The van der Waals surface area contributed by atoms with Crippen molar-refractivity contribution in [1.82, 2.24) is 10.4 Å². The van der Waals surface area contributed by atoms with E-state index in [2.05, 4.69) is 21.6 Å². The number of likely N-dealkylation sites (tertiary alicyclic amines) is 1. The number of hydrazone groups is 1. The number of ether oxygens (including phenoxy) is 2.